The van der Waals surface area contributed by atoms with E-state index in [1.807, 2.05) is 0 Å². The van der Waals surface area contributed by atoms with Gasteiger partial charge in [0.05, 0.1) is 22.0 Å². The summed E-state index contributed by atoms with van der Waals surface area (Å²) in [4.78, 5) is 39.4. The van der Waals surface area contributed by atoms with Gasteiger partial charge in [0.2, 0.25) is 5.43 Å². The van der Waals surface area contributed by atoms with E-state index in [4.69, 9.17) is 4.42 Å². The van der Waals surface area contributed by atoms with Crippen molar-refractivity contribution in [3.63, 3.8) is 0 Å². The summed E-state index contributed by atoms with van der Waals surface area (Å²) in [7, 11) is 0. The lowest BCUT2D eigenvalue weighted by molar-refractivity contribution is 0.0695. The van der Waals surface area contributed by atoms with Gasteiger partial charge < -0.3 is 34.9 Å². The maximum absolute atomic E-state index is 13.0. The van der Waals surface area contributed by atoms with Gasteiger partial charge in [-0.3, -0.25) is 9.59 Å². The first-order chi connectivity index (χ1) is 13.7. The molecule has 0 spiro atoms. The molecule has 4 aromatic rings. The monoisotopic (exact) mass is 397 g/mol. The zero-order valence-corrected chi connectivity index (χ0v) is 14.3. The number of phenols is 4. The van der Waals surface area contributed by atoms with Gasteiger partial charge in [-0.05, 0) is 12.1 Å². The molecule has 0 atom stereocenters. The highest BCUT2D eigenvalue weighted by molar-refractivity contribution is 6.06. The summed E-state index contributed by atoms with van der Waals surface area (Å²) in [5, 5.41) is 47.8. The van der Waals surface area contributed by atoms with Crippen molar-refractivity contribution in [1.29, 1.82) is 0 Å². The Morgan fingerprint density at radius 2 is 1.59 bits per heavy atom. The number of aromatic amines is 1. The van der Waals surface area contributed by atoms with Gasteiger partial charge in [-0.1, -0.05) is 0 Å². The Morgan fingerprint density at radius 3 is 2.28 bits per heavy atom. The number of carbonyl (C=O) groups is 1. The lowest BCUT2D eigenvalue weighted by atomic mass is 10.0. The van der Waals surface area contributed by atoms with Gasteiger partial charge in [-0.15, -0.1) is 0 Å². The van der Waals surface area contributed by atoms with Crippen molar-refractivity contribution in [1.82, 2.24) is 4.98 Å². The third-order valence-electron chi connectivity index (χ3n) is 4.46. The second-order valence-electron chi connectivity index (χ2n) is 6.22. The van der Waals surface area contributed by atoms with Crippen molar-refractivity contribution in [2.24, 2.45) is 0 Å². The quantitative estimate of drug-likeness (QED) is 0.275. The van der Waals surface area contributed by atoms with Gasteiger partial charge in [0, 0.05) is 17.5 Å². The van der Waals surface area contributed by atoms with Crippen molar-refractivity contribution in [3.05, 3.63) is 56.7 Å². The van der Waals surface area contributed by atoms with E-state index in [-0.39, 0.29) is 27.6 Å². The van der Waals surface area contributed by atoms with Gasteiger partial charge in [0.1, 0.15) is 17.4 Å². The van der Waals surface area contributed by atoms with Crippen LogP contribution in [0, 0.1) is 0 Å². The Balaban J connectivity index is 2.10. The molecule has 146 valence electrons. The molecule has 10 heteroatoms. The van der Waals surface area contributed by atoms with E-state index in [2.05, 4.69) is 4.98 Å². The smallest absolute Gasteiger partial charge is 0.340 e. The normalized spacial score (nSPS) is 11.2. The minimum Gasteiger partial charge on any atom is -0.504 e. The predicted molar refractivity (Wildman–Crippen MR) is 99.7 cm³/mol. The van der Waals surface area contributed by atoms with E-state index in [9.17, 15) is 39.9 Å². The fraction of sp³-hybridized carbons (Fsp3) is 0. The Kier molecular flexibility index (Phi) is 3.72. The number of phenolic OH excluding ortho intramolecular Hbond substituents is 3. The molecule has 10 nitrogen and oxygen atoms in total. The molecule has 0 saturated carbocycles. The van der Waals surface area contributed by atoms with Crippen LogP contribution in [0.5, 0.6) is 23.0 Å². The highest BCUT2D eigenvalue weighted by Gasteiger charge is 2.24. The summed E-state index contributed by atoms with van der Waals surface area (Å²) in [6.07, 6.45) is 0.920. The number of rotatable bonds is 2. The third kappa shape index (κ3) is 2.62. The topological polar surface area (TPSA) is 181 Å². The second kappa shape index (κ2) is 6.02. The molecule has 0 aliphatic rings. The van der Waals surface area contributed by atoms with E-state index in [0.29, 0.717) is 0 Å². The number of pyridine rings is 1. The largest absolute Gasteiger partial charge is 0.504 e. The molecular weight excluding hydrogens is 386 g/mol. The first-order valence-corrected chi connectivity index (χ1v) is 8.02. The molecule has 2 aromatic heterocycles. The predicted octanol–water partition coefficient (Wildman–Crippen LogP) is 1.82. The SMILES string of the molecule is O=C(O)c1c(O)c(O)cc2occ(-c3cc4cc(O)c(O)cc4[nH]c3=O)c(=O)c12. The molecule has 0 unspecified atom stereocenters. The highest BCUT2D eigenvalue weighted by atomic mass is 16.4. The van der Waals surface area contributed by atoms with Crippen molar-refractivity contribution >= 4 is 27.8 Å². The molecule has 0 bridgehead atoms. The maximum Gasteiger partial charge on any atom is 0.340 e. The number of nitrogens with one attached hydrogen (secondary N) is 1. The lowest BCUT2D eigenvalue weighted by Gasteiger charge is -2.09. The van der Waals surface area contributed by atoms with Crippen LogP contribution in [0.3, 0.4) is 0 Å². The van der Waals surface area contributed by atoms with Crippen LogP contribution in [0.1, 0.15) is 10.4 Å². The summed E-state index contributed by atoms with van der Waals surface area (Å²) in [5.41, 5.74) is -3.14. The maximum atomic E-state index is 13.0. The first-order valence-electron chi connectivity index (χ1n) is 8.02. The second-order valence-corrected chi connectivity index (χ2v) is 6.22. The molecule has 2 aromatic carbocycles. The summed E-state index contributed by atoms with van der Waals surface area (Å²) in [6, 6.07) is 4.43. The van der Waals surface area contributed by atoms with Crippen LogP contribution in [-0.2, 0) is 0 Å². The Hall–Kier alpha value is -4.47. The van der Waals surface area contributed by atoms with E-state index < -0.39 is 50.9 Å². The van der Waals surface area contributed by atoms with E-state index in [0.717, 1.165) is 18.4 Å². The fourth-order valence-electron chi connectivity index (χ4n) is 3.09. The Labute approximate surface area is 159 Å². The number of aromatic carboxylic acids is 1. The van der Waals surface area contributed by atoms with Crippen LogP contribution >= 0.6 is 0 Å². The number of carboxylic acids is 1. The van der Waals surface area contributed by atoms with Crippen LogP contribution in [0.15, 0.2) is 44.5 Å². The number of aromatic hydroxyl groups is 4. The molecule has 0 radical (unpaired) electrons. The van der Waals surface area contributed by atoms with Gasteiger partial charge in [-0.2, -0.15) is 0 Å². The summed E-state index contributed by atoms with van der Waals surface area (Å²) in [5.74, 6) is -4.38. The molecule has 0 fully saturated rings. The number of hydrogen-bond acceptors (Lipinski definition) is 8. The van der Waals surface area contributed by atoms with Gasteiger partial charge in [0.25, 0.3) is 5.56 Å². The Morgan fingerprint density at radius 1 is 0.897 bits per heavy atom. The zero-order valence-electron chi connectivity index (χ0n) is 14.3. The molecule has 4 rings (SSSR count). The molecule has 29 heavy (non-hydrogen) atoms. The van der Waals surface area contributed by atoms with E-state index >= 15 is 0 Å². The molecule has 2 heterocycles. The molecule has 0 aliphatic heterocycles. The van der Waals surface area contributed by atoms with E-state index in [1.54, 1.807) is 0 Å². The standard InChI is InChI=1S/C19H11NO9/c21-10-2-6-1-7(18(26)20-9(6)3-11(10)22)8-5-29-13-4-12(23)17(25)15(19(27)28)14(13)16(8)24/h1-5,21-23,25H,(H,20,26)(H,27,28). The first kappa shape index (κ1) is 17.9. The lowest BCUT2D eigenvalue weighted by Crippen LogP contribution is -2.16. The van der Waals surface area contributed by atoms with Crippen LogP contribution in [0.2, 0.25) is 0 Å². The zero-order chi connectivity index (χ0) is 21.0. The number of hydrogen-bond donors (Lipinski definition) is 6. The van der Waals surface area contributed by atoms with Crippen molar-refractivity contribution < 1.29 is 34.7 Å². The highest BCUT2D eigenvalue weighted by Crippen LogP contribution is 2.35. The molecule has 0 saturated heterocycles. The average molecular weight is 397 g/mol. The van der Waals surface area contributed by atoms with Crippen LogP contribution < -0.4 is 11.0 Å². The van der Waals surface area contributed by atoms with Crippen LogP contribution in [0.25, 0.3) is 33.0 Å². The van der Waals surface area contributed by atoms with Crippen LogP contribution in [-0.4, -0.2) is 36.5 Å². The summed E-state index contributed by atoms with van der Waals surface area (Å²) >= 11 is 0. The molecule has 6 N–H and O–H groups in total. The minimum atomic E-state index is -1.68. The molecule has 0 aliphatic carbocycles. The molecular formula is C19H11NO9. The Bertz CT molecular complexity index is 1460. The van der Waals surface area contributed by atoms with Gasteiger partial charge in [-0.25, -0.2) is 4.79 Å². The molecule has 0 amide bonds. The summed E-state index contributed by atoms with van der Waals surface area (Å²) < 4.78 is 5.24. The third-order valence-corrected chi connectivity index (χ3v) is 4.46. The number of benzene rings is 2. The number of H-pyrrole nitrogens is 1. The number of fused-ring (bicyclic) bond motifs is 2. The number of aromatic nitrogens is 1. The van der Waals surface area contributed by atoms with Crippen molar-refractivity contribution in [3.8, 4) is 34.1 Å². The van der Waals surface area contributed by atoms with Gasteiger partial charge >= 0.3 is 5.97 Å². The van der Waals surface area contributed by atoms with E-state index in [1.165, 1.54) is 12.1 Å². The van der Waals surface area contributed by atoms with Crippen LogP contribution in [0.4, 0.5) is 0 Å². The van der Waals surface area contributed by atoms with Gasteiger partial charge in [0.15, 0.2) is 23.0 Å². The fourth-order valence-corrected chi connectivity index (χ4v) is 3.09. The average Bonchev–Trinajstić information content (AvgIpc) is 2.65. The minimum absolute atomic E-state index is 0.188. The van der Waals surface area contributed by atoms with Crippen molar-refractivity contribution in [2.45, 2.75) is 0 Å². The number of carboxylic acid groups (broad SMARTS) is 1. The van der Waals surface area contributed by atoms with Crippen molar-refractivity contribution in [2.75, 3.05) is 0 Å². The summed E-state index contributed by atoms with van der Waals surface area (Å²) in [6.45, 7) is 0.